The summed E-state index contributed by atoms with van der Waals surface area (Å²) in [4.78, 5) is 1.55. The number of nitrogens with one attached hydrogen (secondary N) is 1. The third-order valence-corrected chi connectivity index (χ3v) is 5.09. The molecule has 0 radical (unpaired) electrons. The Morgan fingerprint density at radius 2 is 2.14 bits per heavy atom. The first-order valence-electron chi connectivity index (χ1n) is 5.09. The van der Waals surface area contributed by atoms with Crippen molar-refractivity contribution >= 4 is 22.9 Å². The summed E-state index contributed by atoms with van der Waals surface area (Å²) >= 11 is 7.91. The van der Waals surface area contributed by atoms with Crippen molar-refractivity contribution in [3.8, 4) is 0 Å². The van der Waals surface area contributed by atoms with Gasteiger partial charge in [-0.05, 0) is 38.3 Å². The van der Waals surface area contributed by atoms with E-state index in [1.165, 1.54) is 18.4 Å². The second-order valence-electron chi connectivity index (χ2n) is 5.05. The van der Waals surface area contributed by atoms with Gasteiger partial charge in [-0.15, -0.1) is 11.3 Å². The number of hydrogen-bond donors (Lipinski definition) is 1. The molecule has 1 aromatic rings. The Morgan fingerprint density at radius 1 is 1.43 bits per heavy atom. The van der Waals surface area contributed by atoms with E-state index in [2.05, 4.69) is 25.2 Å². The highest BCUT2D eigenvalue weighted by Gasteiger charge is 2.51. The van der Waals surface area contributed by atoms with Crippen molar-refractivity contribution in [2.24, 2.45) is 0 Å². The van der Waals surface area contributed by atoms with E-state index in [4.69, 9.17) is 11.6 Å². The quantitative estimate of drug-likeness (QED) is 0.718. The topological polar surface area (TPSA) is 12.0 Å². The standard InChI is InChI=1S/C11H14ClNS/c1-10(2)7-5-8(12)14-9(7)11(3-4-11)6-13-10/h5,13H,3-4,6H2,1-2H3. The van der Waals surface area contributed by atoms with E-state index in [1.807, 2.05) is 0 Å². The fourth-order valence-corrected chi connectivity index (χ4v) is 3.97. The zero-order valence-corrected chi connectivity index (χ0v) is 10.1. The van der Waals surface area contributed by atoms with Gasteiger partial charge in [0.15, 0.2) is 0 Å². The Labute approximate surface area is 93.5 Å². The van der Waals surface area contributed by atoms with Crippen LogP contribution in [-0.2, 0) is 11.0 Å². The second-order valence-corrected chi connectivity index (χ2v) is 6.74. The molecule has 1 nitrogen and oxygen atoms in total. The maximum absolute atomic E-state index is 6.12. The molecule has 1 saturated carbocycles. The van der Waals surface area contributed by atoms with E-state index in [0.29, 0.717) is 5.41 Å². The first-order chi connectivity index (χ1) is 6.54. The molecular formula is C11H14ClNS. The van der Waals surface area contributed by atoms with Crippen molar-refractivity contribution in [2.45, 2.75) is 37.6 Å². The smallest absolute Gasteiger partial charge is 0.0934 e. The number of fused-ring (bicyclic) bond motifs is 2. The van der Waals surface area contributed by atoms with E-state index in [-0.39, 0.29) is 5.54 Å². The van der Waals surface area contributed by atoms with Crippen molar-refractivity contribution in [3.05, 3.63) is 20.8 Å². The lowest BCUT2D eigenvalue weighted by Crippen LogP contribution is -2.46. The van der Waals surface area contributed by atoms with Crippen molar-refractivity contribution in [3.63, 3.8) is 0 Å². The van der Waals surface area contributed by atoms with E-state index >= 15 is 0 Å². The SMILES string of the molecule is CC1(C)NCC2(CC2)c2sc(Cl)cc21. The van der Waals surface area contributed by atoms with Crippen LogP contribution in [0.5, 0.6) is 0 Å². The fraction of sp³-hybridized carbons (Fsp3) is 0.636. The molecule has 76 valence electrons. The molecule has 2 aliphatic rings. The molecule has 0 unspecified atom stereocenters. The van der Waals surface area contributed by atoms with Gasteiger partial charge in [0.1, 0.15) is 0 Å². The first kappa shape index (κ1) is 9.20. The molecule has 3 heteroatoms. The van der Waals surface area contributed by atoms with Gasteiger partial charge in [-0.1, -0.05) is 11.6 Å². The molecule has 2 heterocycles. The molecular weight excluding hydrogens is 214 g/mol. The molecule has 1 N–H and O–H groups in total. The second kappa shape index (κ2) is 2.55. The third-order valence-electron chi connectivity index (χ3n) is 3.58. The van der Waals surface area contributed by atoms with Crippen LogP contribution in [0.2, 0.25) is 4.34 Å². The van der Waals surface area contributed by atoms with Crippen LogP contribution in [0, 0.1) is 0 Å². The van der Waals surface area contributed by atoms with Crippen LogP contribution in [0.15, 0.2) is 6.07 Å². The normalized spacial score (nSPS) is 26.2. The summed E-state index contributed by atoms with van der Waals surface area (Å²) in [7, 11) is 0. The lowest BCUT2D eigenvalue weighted by atomic mass is 9.84. The summed E-state index contributed by atoms with van der Waals surface area (Å²) in [5, 5.41) is 3.63. The van der Waals surface area contributed by atoms with Crippen molar-refractivity contribution < 1.29 is 0 Å². The summed E-state index contributed by atoms with van der Waals surface area (Å²) in [5.74, 6) is 0. The molecule has 0 aromatic carbocycles. The Morgan fingerprint density at radius 3 is 2.79 bits per heavy atom. The zero-order chi connectivity index (χ0) is 9.97. The minimum atomic E-state index is 0.104. The van der Waals surface area contributed by atoms with Gasteiger partial charge in [0.05, 0.1) is 4.34 Å². The lowest BCUT2D eigenvalue weighted by molar-refractivity contribution is 0.350. The average molecular weight is 228 g/mol. The molecule has 1 aromatic heterocycles. The van der Waals surface area contributed by atoms with Crippen molar-refractivity contribution in [1.29, 1.82) is 0 Å². The van der Waals surface area contributed by atoms with Gasteiger partial charge < -0.3 is 5.32 Å². The molecule has 3 rings (SSSR count). The van der Waals surface area contributed by atoms with E-state index in [9.17, 15) is 0 Å². The summed E-state index contributed by atoms with van der Waals surface area (Å²) in [6, 6.07) is 2.15. The van der Waals surface area contributed by atoms with Crippen LogP contribution in [0.25, 0.3) is 0 Å². The van der Waals surface area contributed by atoms with Crippen LogP contribution in [-0.4, -0.2) is 6.54 Å². The highest BCUT2D eigenvalue weighted by atomic mass is 35.5. The Hall–Kier alpha value is -0.0500. The predicted octanol–water partition coefficient (Wildman–Crippen LogP) is 3.27. The van der Waals surface area contributed by atoms with Crippen LogP contribution in [0.4, 0.5) is 0 Å². The fourth-order valence-electron chi connectivity index (χ4n) is 2.34. The molecule has 1 fully saturated rings. The summed E-state index contributed by atoms with van der Waals surface area (Å²) in [6.07, 6.45) is 2.67. The molecule has 1 aliphatic heterocycles. The van der Waals surface area contributed by atoms with Gasteiger partial charge in [0.25, 0.3) is 0 Å². The maximum Gasteiger partial charge on any atom is 0.0934 e. The summed E-state index contributed by atoms with van der Waals surface area (Å²) < 4.78 is 0.943. The van der Waals surface area contributed by atoms with Crippen molar-refractivity contribution in [1.82, 2.24) is 5.32 Å². The van der Waals surface area contributed by atoms with E-state index < -0.39 is 0 Å². The van der Waals surface area contributed by atoms with Crippen LogP contribution in [0.1, 0.15) is 37.1 Å². The first-order valence-corrected chi connectivity index (χ1v) is 6.28. The molecule has 1 spiro atoms. The van der Waals surface area contributed by atoms with Crippen LogP contribution in [0.3, 0.4) is 0 Å². The Balaban J connectivity index is 2.19. The van der Waals surface area contributed by atoms with Gasteiger partial charge in [-0.25, -0.2) is 0 Å². The zero-order valence-electron chi connectivity index (χ0n) is 8.48. The van der Waals surface area contributed by atoms with Gasteiger partial charge in [0, 0.05) is 22.4 Å². The van der Waals surface area contributed by atoms with Crippen molar-refractivity contribution in [2.75, 3.05) is 6.54 Å². The van der Waals surface area contributed by atoms with Gasteiger partial charge >= 0.3 is 0 Å². The Bertz CT molecular complexity index is 366. The molecule has 0 atom stereocenters. The van der Waals surface area contributed by atoms with E-state index in [0.717, 1.165) is 10.9 Å². The number of halogens is 1. The predicted molar refractivity (Wildman–Crippen MR) is 61.3 cm³/mol. The third kappa shape index (κ3) is 1.11. The van der Waals surface area contributed by atoms with Gasteiger partial charge in [-0.3, -0.25) is 0 Å². The highest BCUT2D eigenvalue weighted by molar-refractivity contribution is 7.16. The molecule has 0 saturated heterocycles. The van der Waals surface area contributed by atoms with E-state index in [1.54, 1.807) is 16.2 Å². The number of rotatable bonds is 0. The molecule has 0 amide bonds. The summed E-state index contributed by atoms with van der Waals surface area (Å²) in [6.45, 7) is 5.61. The minimum Gasteiger partial charge on any atom is -0.307 e. The molecule has 1 aliphatic carbocycles. The van der Waals surface area contributed by atoms with Gasteiger partial charge in [0.2, 0.25) is 0 Å². The molecule has 14 heavy (non-hydrogen) atoms. The molecule has 0 bridgehead atoms. The highest BCUT2D eigenvalue weighted by Crippen LogP contribution is 2.56. The summed E-state index contributed by atoms with van der Waals surface area (Å²) in [5.41, 5.74) is 1.99. The minimum absolute atomic E-state index is 0.104. The number of thiophene rings is 1. The average Bonchev–Trinajstić information content (AvgIpc) is 2.78. The number of hydrogen-bond acceptors (Lipinski definition) is 2. The largest absolute Gasteiger partial charge is 0.307 e. The van der Waals surface area contributed by atoms with Gasteiger partial charge in [-0.2, -0.15) is 0 Å². The van der Waals surface area contributed by atoms with Crippen LogP contribution < -0.4 is 5.32 Å². The Kier molecular flexibility index (Phi) is 1.67. The lowest BCUT2D eigenvalue weighted by Gasteiger charge is -2.36. The van der Waals surface area contributed by atoms with Crippen LogP contribution >= 0.6 is 22.9 Å². The maximum atomic E-state index is 6.12. The monoisotopic (exact) mass is 227 g/mol.